The highest BCUT2D eigenvalue weighted by Gasteiger charge is 2.46. The van der Waals surface area contributed by atoms with Gasteiger partial charge in [-0.25, -0.2) is 0 Å². The van der Waals surface area contributed by atoms with Gasteiger partial charge in [0.05, 0.1) is 44.4 Å². The van der Waals surface area contributed by atoms with Crippen LogP contribution in [-0.2, 0) is 30.0 Å². The molecule has 0 spiro atoms. The third-order valence-electron chi connectivity index (χ3n) is 20.9. The van der Waals surface area contributed by atoms with Crippen molar-refractivity contribution >= 4 is 101 Å². The number of rotatable bonds is 11. The van der Waals surface area contributed by atoms with E-state index in [0.29, 0.717) is 50.7 Å². The lowest BCUT2D eigenvalue weighted by Gasteiger charge is -2.46. The van der Waals surface area contributed by atoms with Crippen LogP contribution in [0.5, 0.6) is 0 Å². The Labute approximate surface area is 645 Å². The minimum atomic E-state index is -1.86. The maximum Gasteiger partial charge on any atom is 0.252 e. The first-order valence-corrected chi connectivity index (χ1v) is 37.3. The predicted octanol–water partition coefficient (Wildman–Crippen LogP) is 26.0. The van der Waals surface area contributed by atoms with Crippen LogP contribution >= 0.6 is 0 Å². The molecule has 0 bridgehead atoms. The molecule has 15 aromatic rings. The van der Waals surface area contributed by atoms with Crippen LogP contribution in [-0.4, -0.2) is 15.8 Å². The minimum absolute atomic E-state index is 0.226. The fourth-order valence-electron chi connectivity index (χ4n) is 16.5. The zero-order valence-corrected chi connectivity index (χ0v) is 63.5. The van der Waals surface area contributed by atoms with Gasteiger partial charge in [0.25, 0.3) is 6.71 Å². The summed E-state index contributed by atoms with van der Waals surface area (Å²) in [5, 5.41) is 1.53. The second-order valence-corrected chi connectivity index (χ2v) is 34.5. The highest BCUT2D eigenvalue weighted by molar-refractivity contribution is 7.00. The lowest BCUT2D eigenvalue weighted by molar-refractivity contribution is 0.411. The van der Waals surface area contributed by atoms with Crippen molar-refractivity contribution in [3.8, 4) is 55.9 Å². The lowest BCUT2D eigenvalue weighted by atomic mass is 9.33. The number of anilines is 6. The Morgan fingerprint density at radius 2 is 0.670 bits per heavy atom. The van der Waals surface area contributed by atoms with Gasteiger partial charge in [0.1, 0.15) is 0 Å². The highest BCUT2D eigenvalue weighted by Crippen LogP contribution is 2.56. The first kappa shape index (κ1) is 55.6. The molecule has 4 nitrogen and oxygen atoms in total. The number of para-hydroxylation sites is 2. The van der Waals surface area contributed by atoms with E-state index < -0.39 is 54.5 Å². The molecule has 0 atom stereocenters. The van der Waals surface area contributed by atoms with Crippen molar-refractivity contribution in [1.82, 2.24) is 9.13 Å². The molecule has 0 N–H and O–H groups in total. The molecule has 0 radical (unpaired) electrons. The molecule has 13 aromatic carbocycles. The summed E-state index contributed by atoms with van der Waals surface area (Å²) in [6, 6.07) is 78.2. The van der Waals surface area contributed by atoms with Crippen molar-refractivity contribution in [2.75, 3.05) is 9.80 Å². The molecule has 5 heteroatoms. The predicted molar refractivity (Wildman–Crippen MR) is 458 cm³/mol. The number of benzene rings is 13. The average molecular weight is 1390 g/mol. The number of aromatic nitrogens is 2. The molecule has 106 heavy (non-hydrogen) atoms. The second-order valence-electron chi connectivity index (χ2n) is 34.5. The van der Waals surface area contributed by atoms with E-state index in [0.717, 1.165) is 112 Å². The molecule has 0 aliphatic carbocycles. The molecule has 2 aliphatic heterocycles. The number of hydrogen-bond donors (Lipinski definition) is 0. The molecule has 0 fully saturated rings. The van der Waals surface area contributed by atoms with E-state index in [2.05, 4.69) is 266 Å². The van der Waals surface area contributed by atoms with Crippen LogP contribution in [0.15, 0.2) is 279 Å². The SMILES string of the molecule is [2H]c1c([2H])c([2H])c2c(c1[2H])c1cc(C([2H])([2H])C(C)(C)C)ccc1n2-c1ccc2c(c1)N(c1c(-c3ccccc3)cc(C(C)(C)C)cc1-c1ccccc1)c1cc(CC(C)(C)C)cc3c1B2c1ccc(-n2c4ccc(C([2H])([2H])C(C)(C)C)cc4c4c([2H])c([2H])c([2H])c([2H])c42)cc1N3c1c(-c2ccccc2)cc(C(C)(C)C)cc1-c1ccccc1. The van der Waals surface area contributed by atoms with E-state index in [1.54, 1.807) is 24.3 Å². The van der Waals surface area contributed by atoms with Gasteiger partial charge in [-0.3, -0.25) is 0 Å². The van der Waals surface area contributed by atoms with E-state index >= 15 is 0 Å². The summed E-state index contributed by atoms with van der Waals surface area (Å²) < 4.78 is 120. The van der Waals surface area contributed by atoms with E-state index in [-0.39, 0.29) is 62.2 Å². The van der Waals surface area contributed by atoms with Gasteiger partial charge in [-0.2, -0.15) is 0 Å². The number of fused-ring (bicyclic) bond motifs is 10. The van der Waals surface area contributed by atoms with Crippen molar-refractivity contribution in [2.45, 2.75) is 134 Å². The molecule has 0 unspecified atom stereocenters. The molecule has 2 aromatic heterocycles. The lowest BCUT2D eigenvalue weighted by Crippen LogP contribution is -2.61. The van der Waals surface area contributed by atoms with E-state index in [4.69, 9.17) is 0 Å². The topological polar surface area (TPSA) is 16.3 Å². The first-order valence-electron chi connectivity index (χ1n) is 43.3. The maximum absolute atomic E-state index is 10.0. The van der Waals surface area contributed by atoms with Gasteiger partial charge in [0.15, 0.2) is 0 Å². The standard InChI is InChI=1S/C101H97BN4/c1-97(2,3)62-65-44-50-88-82(52-65)76-40-28-30-42-86(76)103(88)74-46-48-84-90(60-74)105(95-78(68-32-20-16-21-33-68)56-72(100(10,11)12)57-79(95)69-34-22-17-23-35-69)92-54-67(64-99(7,8)9)55-93-94(92)102(84)85-49-47-75(104-87-43-31-29-41-77(87)83-53-66(45-51-89(83)104)63-98(4,5)6)61-91(85)106(93)96-80(70-36-24-18-25-37-70)58-73(101(13,14)15)59-81(96)71-38-26-19-27-39-71/h16-61H,62-64H2,1-15H3/i28D,29D,30D,31D,40D,41D,42D,43D,62D2,63D2. The Morgan fingerprint density at radius 3 is 1.00 bits per heavy atom. The normalized spacial score (nSPS) is 15.2. The van der Waals surface area contributed by atoms with Gasteiger partial charge in [-0.05, 0) is 210 Å². The third kappa shape index (κ3) is 12.2. The molecule has 4 heterocycles. The van der Waals surface area contributed by atoms with Crippen LogP contribution in [0.4, 0.5) is 34.1 Å². The molecule has 0 saturated heterocycles. The van der Waals surface area contributed by atoms with Crippen LogP contribution in [0.1, 0.15) is 148 Å². The van der Waals surface area contributed by atoms with Crippen molar-refractivity contribution in [3.05, 3.63) is 307 Å². The van der Waals surface area contributed by atoms with Gasteiger partial charge in [-0.15, -0.1) is 0 Å². The average Bonchev–Trinajstić information content (AvgIpc) is 0.852. The number of hydrogen-bond acceptors (Lipinski definition) is 2. The van der Waals surface area contributed by atoms with E-state index in [9.17, 15) is 16.4 Å². The van der Waals surface area contributed by atoms with Gasteiger partial charge in [0.2, 0.25) is 0 Å². The molecule has 17 rings (SSSR count). The summed E-state index contributed by atoms with van der Waals surface area (Å²) in [4.78, 5) is 4.99. The monoisotopic (exact) mass is 1390 g/mol. The van der Waals surface area contributed by atoms with Gasteiger partial charge < -0.3 is 18.9 Å². The Morgan fingerprint density at radius 1 is 0.321 bits per heavy atom. The van der Waals surface area contributed by atoms with Crippen molar-refractivity contribution in [1.29, 1.82) is 0 Å². The Hall–Kier alpha value is -10.9. The highest BCUT2D eigenvalue weighted by atomic mass is 15.2. The molecular weight excluding hydrogens is 1280 g/mol. The Balaban J connectivity index is 1.09. The van der Waals surface area contributed by atoms with Crippen molar-refractivity contribution in [2.24, 2.45) is 16.2 Å². The molecule has 2 aliphatic rings. The van der Waals surface area contributed by atoms with Crippen LogP contribution in [0.2, 0.25) is 0 Å². The fraction of sp³-hybridized carbons (Fsp3) is 0.228. The fourth-order valence-corrected chi connectivity index (χ4v) is 16.5. The summed E-state index contributed by atoms with van der Waals surface area (Å²) in [5.41, 5.74) is 20.1. The van der Waals surface area contributed by atoms with E-state index in [1.165, 1.54) is 0 Å². The van der Waals surface area contributed by atoms with Crippen LogP contribution in [0.3, 0.4) is 0 Å². The van der Waals surface area contributed by atoms with Gasteiger partial charge in [0, 0.05) is 83.4 Å². The molecular formula is C101H97BN4. The van der Waals surface area contributed by atoms with Crippen LogP contribution in [0.25, 0.3) is 99.5 Å². The molecule has 524 valence electrons. The zero-order valence-electron chi connectivity index (χ0n) is 75.5. The summed E-state index contributed by atoms with van der Waals surface area (Å²) in [6.07, 6.45) is -3.10. The summed E-state index contributed by atoms with van der Waals surface area (Å²) in [7, 11) is 0. The number of nitrogens with zero attached hydrogens (tertiary/aromatic N) is 4. The quantitative estimate of drug-likeness (QED) is 0.120. The Bertz CT molecular complexity index is 6140. The van der Waals surface area contributed by atoms with Crippen LogP contribution < -0.4 is 26.2 Å². The van der Waals surface area contributed by atoms with Crippen LogP contribution in [0, 0.1) is 16.2 Å². The van der Waals surface area contributed by atoms with E-state index in [1.807, 2.05) is 62.8 Å². The second kappa shape index (κ2) is 25.4. The maximum atomic E-state index is 10.0. The summed E-state index contributed by atoms with van der Waals surface area (Å²) >= 11 is 0. The van der Waals surface area contributed by atoms with Crippen molar-refractivity contribution in [3.63, 3.8) is 0 Å². The Kier molecular flexibility index (Phi) is 13.3. The summed E-state index contributed by atoms with van der Waals surface area (Å²) in [5.74, 6) is 0. The largest absolute Gasteiger partial charge is 0.310 e. The molecule has 0 saturated carbocycles. The van der Waals surface area contributed by atoms with Crippen molar-refractivity contribution < 1.29 is 16.4 Å². The minimum Gasteiger partial charge on any atom is -0.310 e. The molecule has 0 amide bonds. The smallest absolute Gasteiger partial charge is 0.252 e. The third-order valence-corrected chi connectivity index (χ3v) is 20.9. The van der Waals surface area contributed by atoms with Gasteiger partial charge >= 0.3 is 0 Å². The summed E-state index contributed by atoms with van der Waals surface area (Å²) in [6.45, 7) is 31.0. The zero-order chi connectivity index (χ0) is 84.1. The van der Waals surface area contributed by atoms with Gasteiger partial charge in [-0.1, -0.05) is 286 Å². The first-order chi connectivity index (χ1) is 55.6.